The van der Waals surface area contributed by atoms with Crippen molar-refractivity contribution in [1.82, 2.24) is 0 Å². The van der Waals surface area contributed by atoms with Gasteiger partial charge in [-0.1, -0.05) is 18.2 Å². The first-order valence-corrected chi connectivity index (χ1v) is 9.15. The summed E-state index contributed by atoms with van der Waals surface area (Å²) in [6.07, 6.45) is 0.340. The molecule has 0 bridgehead atoms. The van der Waals surface area contributed by atoms with E-state index < -0.39 is 16.0 Å². The van der Waals surface area contributed by atoms with Crippen LogP contribution >= 0.6 is 22.9 Å². The Morgan fingerprint density at radius 1 is 1.38 bits per heavy atom. The molecular weight excluding hydrogens is 334 g/mol. The molecule has 0 amide bonds. The fourth-order valence-electron chi connectivity index (χ4n) is 1.83. The van der Waals surface area contributed by atoms with Gasteiger partial charge in [0.15, 0.2) is 0 Å². The summed E-state index contributed by atoms with van der Waals surface area (Å²) in [7, 11) is -2.30. The minimum absolute atomic E-state index is 0.0959. The average molecular weight is 348 g/mol. The molecule has 0 fully saturated rings. The highest BCUT2D eigenvalue weighted by Crippen LogP contribution is 2.36. The number of anilines is 1. The Kier molecular flexibility index (Phi) is 5.08. The number of methoxy groups -OCH3 is 1. The van der Waals surface area contributed by atoms with Crippen LogP contribution in [0.5, 0.6) is 0 Å². The molecule has 1 heterocycles. The highest BCUT2D eigenvalue weighted by atomic mass is 35.5. The number of esters is 1. The summed E-state index contributed by atoms with van der Waals surface area (Å²) in [6.45, 7) is 0. The van der Waals surface area contributed by atoms with Gasteiger partial charge in [-0.3, -0.25) is 4.72 Å². The van der Waals surface area contributed by atoms with Gasteiger partial charge in [-0.15, -0.1) is 22.9 Å². The molecule has 1 N–H and O–H groups in total. The van der Waals surface area contributed by atoms with E-state index in [4.69, 9.17) is 16.3 Å². The molecule has 114 valence electrons. The third-order valence-corrected chi connectivity index (χ3v) is 5.53. The number of carbonyl (C=O) groups excluding carboxylic acids is 1. The minimum atomic E-state index is -3.56. The van der Waals surface area contributed by atoms with Crippen LogP contribution in [0.4, 0.5) is 5.69 Å². The van der Waals surface area contributed by atoms with E-state index in [0.717, 1.165) is 4.70 Å². The van der Waals surface area contributed by atoms with Gasteiger partial charge in [0.1, 0.15) is 4.88 Å². The van der Waals surface area contributed by atoms with Gasteiger partial charge in [-0.25, -0.2) is 13.2 Å². The van der Waals surface area contributed by atoms with Crippen LogP contribution in [0.3, 0.4) is 0 Å². The van der Waals surface area contributed by atoms with Gasteiger partial charge in [0.2, 0.25) is 10.0 Å². The Morgan fingerprint density at radius 2 is 2.10 bits per heavy atom. The average Bonchev–Trinajstić information content (AvgIpc) is 2.83. The van der Waals surface area contributed by atoms with E-state index in [2.05, 4.69) is 4.72 Å². The molecule has 8 heteroatoms. The SMILES string of the molecule is COC(=O)c1sc2ccccc2c1NS(=O)(=O)CCCCl. The number of carbonyl (C=O) groups is 1. The fourth-order valence-corrected chi connectivity index (χ4v) is 4.42. The summed E-state index contributed by atoms with van der Waals surface area (Å²) in [4.78, 5) is 12.1. The second kappa shape index (κ2) is 6.64. The molecule has 0 unspecified atom stereocenters. The van der Waals surface area contributed by atoms with Gasteiger partial charge in [0.05, 0.1) is 18.6 Å². The number of alkyl halides is 1. The zero-order chi connectivity index (χ0) is 15.5. The van der Waals surface area contributed by atoms with E-state index >= 15 is 0 Å². The smallest absolute Gasteiger partial charge is 0.350 e. The van der Waals surface area contributed by atoms with Crippen LogP contribution in [-0.4, -0.2) is 33.1 Å². The number of hydrogen-bond acceptors (Lipinski definition) is 5. The number of sulfonamides is 1. The van der Waals surface area contributed by atoms with Gasteiger partial charge < -0.3 is 4.74 Å². The van der Waals surface area contributed by atoms with Gasteiger partial charge in [0.25, 0.3) is 0 Å². The first-order chi connectivity index (χ1) is 9.98. The molecule has 0 aliphatic rings. The Bertz CT molecular complexity index is 755. The molecule has 0 saturated carbocycles. The number of hydrogen-bond donors (Lipinski definition) is 1. The number of rotatable bonds is 6. The van der Waals surface area contributed by atoms with Crippen molar-refractivity contribution < 1.29 is 17.9 Å². The molecule has 1 aromatic heterocycles. The molecule has 0 radical (unpaired) electrons. The standard InChI is InChI=1S/C13H14ClNO4S2/c1-19-13(16)12-11(15-21(17,18)8-4-7-14)9-5-2-3-6-10(9)20-12/h2-3,5-6,15H,4,7-8H2,1H3. The molecule has 2 aromatic rings. The third-order valence-electron chi connectivity index (χ3n) is 2.77. The highest BCUT2D eigenvalue weighted by molar-refractivity contribution is 7.92. The number of benzene rings is 1. The zero-order valence-electron chi connectivity index (χ0n) is 11.3. The summed E-state index contributed by atoms with van der Waals surface area (Å²) in [5, 5.41) is 0.678. The molecule has 0 saturated heterocycles. The summed E-state index contributed by atoms with van der Waals surface area (Å²) in [5.74, 6) is -0.401. The van der Waals surface area contributed by atoms with E-state index in [0.29, 0.717) is 11.8 Å². The highest BCUT2D eigenvalue weighted by Gasteiger charge is 2.22. The van der Waals surface area contributed by atoms with Crippen LogP contribution in [0.2, 0.25) is 0 Å². The van der Waals surface area contributed by atoms with Crippen molar-refractivity contribution in [2.24, 2.45) is 0 Å². The van der Waals surface area contributed by atoms with Crippen LogP contribution in [0.1, 0.15) is 16.1 Å². The van der Waals surface area contributed by atoms with Crippen LogP contribution in [0.15, 0.2) is 24.3 Å². The summed E-state index contributed by atoms with van der Waals surface area (Å²) in [5.41, 5.74) is 0.275. The number of ether oxygens (including phenoxy) is 1. The molecular formula is C13H14ClNO4S2. The van der Waals surface area contributed by atoms with E-state index in [1.807, 2.05) is 12.1 Å². The molecule has 0 aliphatic carbocycles. The molecule has 5 nitrogen and oxygen atoms in total. The van der Waals surface area contributed by atoms with Crippen molar-refractivity contribution in [3.05, 3.63) is 29.1 Å². The topological polar surface area (TPSA) is 72.5 Å². The van der Waals surface area contributed by atoms with E-state index in [1.165, 1.54) is 18.4 Å². The van der Waals surface area contributed by atoms with Gasteiger partial charge in [0, 0.05) is 16.0 Å². The minimum Gasteiger partial charge on any atom is -0.465 e. The van der Waals surface area contributed by atoms with Crippen LogP contribution < -0.4 is 4.72 Å². The van der Waals surface area contributed by atoms with Crippen LogP contribution in [-0.2, 0) is 14.8 Å². The van der Waals surface area contributed by atoms with Crippen molar-refractivity contribution in [2.45, 2.75) is 6.42 Å². The largest absolute Gasteiger partial charge is 0.465 e. The second-order valence-electron chi connectivity index (χ2n) is 4.26. The Hall–Kier alpha value is -1.31. The molecule has 21 heavy (non-hydrogen) atoms. The lowest BCUT2D eigenvalue weighted by atomic mass is 10.2. The van der Waals surface area contributed by atoms with Crippen molar-refractivity contribution in [2.75, 3.05) is 23.5 Å². The number of fused-ring (bicyclic) bond motifs is 1. The van der Waals surface area contributed by atoms with Crippen LogP contribution in [0, 0.1) is 0 Å². The van der Waals surface area contributed by atoms with E-state index in [1.54, 1.807) is 12.1 Å². The zero-order valence-corrected chi connectivity index (χ0v) is 13.6. The normalized spacial score (nSPS) is 11.5. The molecule has 2 rings (SSSR count). The third kappa shape index (κ3) is 3.66. The number of nitrogens with one attached hydrogen (secondary N) is 1. The summed E-state index contributed by atoms with van der Waals surface area (Å²) >= 11 is 6.72. The lowest BCUT2D eigenvalue weighted by molar-refractivity contribution is 0.0607. The first-order valence-electron chi connectivity index (χ1n) is 6.15. The number of halogens is 1. The van der Waals surface area contributed by atoms with Crippen LogP contribution in [0.25, 0.3) is 10.1 Å². The maximum Gasteiger partial charge on any atom is 0.350 e. The molecule has 0 aliphatic heterocycles. The lowest BCUT2D eigenvalue weighted by Crippen LogP contribution is -2.18. The maximum atomic E-state index is 12.0. The van der Waals surface area contributed by atoms with Crippen molar-refractivity contribution in [1.29, 1.82) is 0 Å². The first kappa shape index (κ1) is 16.1. The molecule has 1 aromatic carbocycles. The summed E-state index contributed by atoms with van der Waals surface area (Å²) in [6, 6.07) is 7.19. The van der Waals surface area contributed by atoms with Crippen molar-refractivity contribution in [3.63, 3.8) is 0 Å². The fraction of sp³-hybridized carbons (Fsp3) is 0.308. The Balaban J connectivity index is 2.48. The Labute approximate surface area is 131 Å². The predicted octanol–water partition coefficient (Wildman–Crippen LogP) is 3.06. The molecule has 0 spiro atoms. The second-order valence-corrected chi connectivity index (χ2v) is 7.53. The lowest BCUT2D eigenvalue weighted by Gasteiger charge is -2.08. The quantitative estimate of drug-likeness (QED) is 0.644. The Morgan fingerprint density at radius 3 is 2.76 bits per heavy atom. The number of thiophene rings is 1. The van der Waals surface area contributed by atoms with Gasteiger partial charge in [-0.2, -0.15) is 0 Å². The van der Waals surface area contributed by atoms with E-state index in [-0.39, 0.29) is 22.2 Å². The maximum absolute atomic E-state index is 12.0. The van der Waals surface area contributed by atoms with Gasteiger partial charge in [-0.05, 0) is 12.5 Å². The predicted molar refractivity (Wildman–Crippen MR) is 85.9 cm³/mol. The summed E-state index contributed by atoms with van der Waals surface area (Å²) < 4.78 is 32.1. The van der Waals surface area contributed by atoms with E-state index in [9.17, 15) is 13.2 Å². The molecule has 0 atom stereocenters. The van der Waals surface area contributed by atoms with Crippen molar-refractivity contribution >= 4 is 54.7 Å². The van der Waals surface area contributed by atoms with Crippen molar-refractivity contribution in [3.8, 4) is 0 Å². The van der Waals surface area contributed by atoms with Gasteiger partial charge >= 0.3 is 5.97 Å². The monoisotopic (exact) mass is 347 g/mol.